The standard InChI is InChI=1S/C62H40N4.C53H33N5/c1-3-13-41(14-4-1)44-23-26-46(27-24-44)54-40-55(64-62(63-54)49-28-25-43-17-7-8-18-48(43)39-49)47-31-35-51(36-32-47)66-57-22-12-10-20-53(57)61-59(66)38-37-58-60(61)52-19-9-11-21-56(52)65(58)50-33-29-45(30-34-50)42-15-5-2-6-16-42;1-2-15-36(16-3-1)51-54-52(56-53(55-51)39-26-25-34-13-4-5-17-38(34)33-39)37-27-29-40(30-28-37)57-45-22-10-8-20-42(45)49-47(57)31-32-48-50(49)43-21-9-11-23-46(43)58(48)44-24-12-18-35-14-6-7-19-41(35)44/h1-40H;1-33H. The van der Waals surface area contributed by atoms with Gasteiger partial charge in [-0.05, 0) is 171 Å². The van der Waals surface area contributed by atoms with Crippen molar-refractivity contribution >= 4 is 120 Å². The zero-order valence-corrected chi connectivity index (χ0v) is 67.2. The third-order valence-corrected chi connectivity index (χ3v) is 24.7. The quantitative estimate of drug-likeness (QED) is 0.122. The molecule has 0 aliphatic carbocycles. The van der Waals surface area contributed by atoms with Crippen molar-refractivity contribution in [2.75, 3.05) is 0 Å². The van der Waals surface area contributed by atoms with Crippen LogP contribution in [-0.4, -0.2) is 43.2 Å². The molecule has 578 valence electrons. The van der Waals surface area contributed by atoms with Crippen molar-refractivity contribution in [1.82, 2.24) is 43.2 Å². The second-order valence-electron chi connectivity index (χ2n) is 31.8. The fourth-order valence-corrected chi connectivity index (χ4v) is 18.9. The van der Waals surface area contributed by atoms with Gasteiger partial charge >= 0.3 is 0 Å². The Bertz CT molecular complexity index is 8500. The third-order valence-electron chi connectivity index (χ3n) is 24.7. The van der Waals surface area contributed by atoms with E-state index in [1.165, 1.54) is 126 Å². The molecule has 19 aromatic carbocycles. The van der Waals surface area contributed by atoms with Crippen LogP contribution in [0.2, 0.25) is 0 Å². The predicted octanol–water partition coefficient (Wildman–Crippen LogP) is 29.5. The Hall–Kier alpha value is -16.8. The molecule has 0 aliphatic heterocycles. The van der Waals surface area contributed by atoms with Crippen LogP contribution in [-0.2, 0) is 0 Å². The Morgan fingerprint density at radius 1 is 0.145 bits per heavy atom. The van der Waals surface area contributed by atoms with Crippen molar-refractivity contribution in [3.63, 3.8) is 0 Å². The maximum atomic E-state index is 5.25. The number of aromatic nitrogens is 9. The number of rotatable bonds is 12. The molecule has 0 spiro atoms. The van der Waals surface area contributed by atoms with E-state index < -0.39 is 0 Å². The van der Waals surface area contributed by atoms with Crippen molar-refractivity contribution in [3.8, 4) is 113 Å². The molecule has 9 heteroatoms. The van der Waals surface area contributed by atoms with E-state index in [-0.39, 0.29) is 0 Å². The van der Waals surface area contributed by atoms with Gasteiger partial charge in [-0.1, -0.05) is 322 Å². The largest absolute Gasteiger partial charge is 0.309 e. The van der Waals surface area contributed by atoms with Gasteiger partial charge in [0.25, 0.3) is 0 Å². The molecule has 0 N–H and O–H groups in total. The van der Waals surface area contributed by atoms with Crippen LogP contribution in [0.15, 0.2) is 443 Å². The lowest BCUT2D eigenvalue weighted by Crippen LogP contribution is -2.00. The highest BCUT2D eigenvalue weighted by atomic mass is 15.0. The lowest BCUT2D eigenvalue weighted by molar-refractivity contribution is 1.07. The van der Waals surface area contributed by atoms with Crippen LogP contribution in [0.25, 0.3) is 233 Å². The molecule has 0 saturated heterocycles. The summed E-state index contributed by atoms with van der Waals surface area (Å²) >= 11 is 0. The van der Waals surface area contributed by atoms with Crippen molar-refractivity contribution in [2.24, 2.45) is 0 Å². The Labute approximate surface area is 713 Å². The Balaban J connectivity index is 0.000000141. The highest BCUT2D eigenvalue weighted by molar-refractivity contribution is 6.30. The molecule has 0 bridgehead atoms. The topological polar surface area (TPSA) is 84.2 Å². The van der Waals surface area contributed by atoms with E-state index in [1.807, 2.05) is 30.3 Å². The summed E-state index contributed by atoms with van der Waals surface area (Å²) in [6.45, 7) is 0. The van der Waals surface area contributed by atoms with Gasteiger partial charge in [-0.2, -0.15) is 0 Å². The average molecular weight is 1580 g/mol. The zero-order valence-electron chi connectivity index (χ0n) is 67.2. The van der Waals surface area contributed by atoms with Gasteiger partial charge in [0.1, 0.15) is 0 Å². The fraction of sp³-hybridized carbons (Fsp3) is 0. The normalized spacial score (nSPS) is 11.7. The highest BCUT2D eigenvalue weighted by Crippen LogP contribution is 2.47. The van der Waals surface area contributed by atoms with E-state index in [4.69, 9.17) is 24.9 Å². The summed E-state index contributed by atoms with van der Waals surface area (Å²) in [6.07, 6.45) is 0. The minimum Gasteiger partial charge on any atom is -0.309 e. The summed E-state index contributed by atoms with van der Waals surface area (Å²) in [7, 11) is 0. The number of nitrogens with zero attached hydrogens (tertiary/aromatic N) is 9. The van der Waals surface area contributed by atoms with Gasteiger partial charge in [-0.15, -0.1) is 0 Å². The molecule has 0 atom stereocenters. The fourth-order valence-electron chi connectivity index (χ4n) is 18.9. The number of para-hydroxylation sites is 4. The van der Waals surface area contributed by atoms with Crippen LogP contribution in [0.4, 0.5) is 0 Å². The Morgan fingerprint density at radius 3 is 0.847 bits per heavy atom. The van der Waals surface area contributed by atoms with Crippen LogP contribution < -0.4 is 0 Å². The molecule has 25 aromatic rings. The SMILES string of the molecule is c1ccc(-c2ccc(-c3cc(-c4ccc(-n5c6ccccc6c6c7c8ccccc8n(-c8ccc(-c9ccccc9)cc8)c7ccc65)cc4)nc(-c4ccc5ccccc5c4)n3)cc2)cc1.c1ccc(-c2nc(-c3ccc(-n4c5ccccc5c5c6c7ccccc7n(-c7cccc8ccccc78)c6ccc54)cc3)nc(-c3ccc4ccccc4c3)n2)cc1. The lowest BCUT2D eigenvalue weighted by Gasteiger charge is -2.12. The minimum absolute atomic E-state index is 0.633. The molecule has 6 heterocycles. The van der Waals surface area contributed by atoms with Gasteiger partial charge in [0.05, 0.1) is 61.2 Å². The van der Waals surface area contributed by atoms with Crippen LogP contribution in [0.3, 0.4) is 0 Å². The van der Waals surface area contributed by atoms with Crippen LogP contribution >= 0.6 is 0 Å². The summed E-state index contributed by atoms with van der Waals surface area (Å²) in [5.74, 6) is 2.62. The van der Waals surface area contributed by atoms with Gasteiger partial charge in [0.2, 0.25) is 0 Å². The second kappa shape index (κ2) is 29.6. The van der Waals surface area contributed by atoms with Gasteiger partial charge in [-0.3, -0.25) is 0 Å². The first-order valence-corrected chi connectivity index (χ1v) is 42.1. The minimum atomic E-state index is 0.633. The van der Waals surface area contributed by atoms with E-state index in [2.05, 4.69) is 431 Å². The van der Waals surface area contributed by atoms with E-state index in [9.17, 15) is 0 Å². The van der Waals surface area contributed by atoms with E-state index in [0.29, 0.717) is 23.3 Å². The zero-order chi connectivity index (χ0) is 81.7. The maximum Gasteiger partial charge on any atom is 0.164 e. The molecule has 0 saturated carbocycles. The Kier molecular flexibility index (Phi) is 17.1. The van der Waals surface area contributed by atoms with Crippen LogP contribution in [0.5, 0.6) is 0 Å². The third kappa shape index (κ3) is 12.2. The van der Waals surface area contributed by atoms with Crippen molar-refractivity contribution in [3.05, 3.63) is 443 Å². The summed E-state index contributed by atoms with van der Waals surface area (Å²) in [5.41, 5.74) is 26.3. The molecule has 9 nitrogen and oxygen atoms in total. The predicted molar refractivity (Wildman–Crippen MR) is 515 cm³/mol. The molecule has 0 aliphatic rings. The molecule has 25 rings (SSSR count). The number of hydrogen-bond donors (Lipinski definition) is 0. The summed E-state index contributed by atoms with van der Waals surface area (Å²) in [5, 5.41) is 17.1. The average Bonchev–Trinajstić information content (AvgIpc) is 1.55. The molecule has 124 heavy (non-hydrogen) atoms. The highest BCUT2D eigenvalue weighted by Gasteiger charge is 2.25. The molecular weight excluding hydrogens is 1510 g/mol. The summed E-state index contributed by atoms with van der Waals surface area (Å²) in [6, 6.07) is 158. The number of benzene rings is 19. The first-order chi connectivity index (χ1) is 61.5. The van der Waals surface area contributed by atoms with E-state index in [0.717, 1.165) is 83.6 Å². The molecule has 0 unspecified atom stereocenters. The molecule has 0 fully saturated rings. The Morgan fingerprint density at radius 2 is 0.419 bits per heavy atom. The van der Waals surface area contributed by atoms with Gasteiger partial charge < -0.3 is 18.3 Å². The molecule has 0 radical (unpaired) electrons. The van der Waals surface area contributed by atoms with Crippen molar-refractivity contribution in [2.45, 2.75) is 0 Å². The smallest absolute Gasteiger partial charge is 0.164 e. The monoisotopic (exact) mass is 1580 g/mol. The van der Waals surface area contributed by atoms with Crippen molar-refractivity contribution < 1.29 is 0 Å². The summed E-state index contributed by atoms with van der Waals surface area (Å²) < 4.78 is 9.66. The van der Waals surface area contributed by atoms with Crippen LogP contribution in [0.1, 0.15) is 0 Å². The van der Waals surface area contributed by atoms with Crippen molar-refractivity contribution in [1.29, 1.82) is 0 Å². The van der Waals surface area contributed by atoms with Gasteiger partial charge in [-0.25, -0.2) is 24.9 Å². The maximum absolute atomic E-state index is 5.25. The molecule has 0 amide bonds. The molecule has 6 aromatic heterocycles. The lowest BCUT2D eigenvalue weighted by atomic mass is 10.0. The van der Waals surface area contributed by atoms with Gasteiger partial charge in [0, 0.05) is 98.9 Å². The van der Waals surface area contributed by atoms with E-state index >= 15 is 0 Å². The van der Waals surface area contributed by atoms with Crippen LogP contribution in [0, 0.1) is 0 Å². The first kappa shape index (κ1) is 71.4. The van der Waals surface area contributed by atoms with Gasteiger partial charge in [0.15, 0.2) is 23.3 Å². The van der Waals surface area contributed by atoms with E-state index in [1.54, 1.807) is 0 Å². The molecular formula is C115H73N9. The number of fused-ring (bicyclic) bond motifs is 17. The second-order valence-corrected chi connectivity index (χ2v) is 31.8. The summed E-state index contributed by atoms with van der Waals surface area (Å²) in [4.78, 5) is 25.6. The first-order valence-electron chi connectivity index (χ1n) is 42.1. The number of hydrogen-bond acceptors (Lipinski definition) is 5.